The van der Waals surface area contributed by atoms with Crippen LogP contribution in [0.15, 0.2) is 48.7 Å². The van der Waals surface area contributed by atoms with E-state index >= 15 is 0 Å². The predicted molar refractivity (Wildman–Crippen MR) is 136 cm³/mol. The Hall–Kier alpha value is -3.75. The van der Waals surface area contributed by atoms with Gasteiger partial charge in [-0.1, -0.05) is 19.9 Å². The van der Waals surface area contributed by atoms with Crippen molar-refractivity contribution in [2.24, 2.45) is 5.92 Å². The van der Waals surface area contributed by atoms with Gasteiger partial charge in [-0.25, -0.2) is 0 Å². The van der Waals surface area contributed by atoms with Crippen LogP contribution in [-0.2, 0) is 9.59 Å². The van der Waals surface area contributed by atoms with Gasteiger partial charge < -0.3 is 20.0 Å². The highest BCUT2D eigenvalue weighted by molar-refractivity contribution is 6.03. The molecule has 1 aromatic heterocycles. The maximum absolute atomic E-state index is 13.7. The van der Waals surface area contributed by atoms with Crippen LogP contribution < -0.4 is 10.2 Å². The summed E-state index contributed by atoms with van der Waals surface area (Å²) in [5.74, 6) is -0.937. The molecule has 2 aliphatic rings. The van der Waals surface area contributed by atoms with Crippen LogP contribution >= 0.6 is 0 Å². The van der Waals surface area contributed by atoms with Gasteiger partial charge in [0.25, 0.3) is 11.8 Å². The molecule has 2 aliphatic heterocycles. The van der Waals surface area contributed by atoms with Crippen LogP contribution in [-0.4, -0.2) is 83.6 Å². The van der Waals surface area contributed by atoms with Crippen LogP contribution in [0, 0.1) is 5.92 Å². The number of fused-ring (bicyclic) bond motifs is 1. The van der Waals surface area contributed by atoms with E-state index in [9.17, 15) is 19.2 Å². The number of rotatable bonds is 7. The van der Waals surface area contributed by atoms with E-state index in [-0.39, 0.29) is 47.7 Å². The first-order valence-electron chi connectivity index (χ1n) is 12.3. The van der Waals surface area contributed by atoms with Gasteiger partial charge in [0.2, 0.25) is 5.91 Å². The molecule has 9 heteroatoms. The first-order chi connectivity index (χ1) is 17.2. The second kappa shape index (κ2) is 10.5. The molecule has 2 fully saturated rings. The summed E-state index contributed by atoms with van der Waals surface area (Å²) in [5.41, 5.74) is 1.71. The lowest BCUT2D eigenvalue weighted by Crippen LogP contribution is -2.53. The van der Waals surface area contributed by atoms with E-state index in [1.54, 1.807) is 41.4 Å². The molecule has 3 atom stereocenters. The summed E-state index contributed by atoms with van der Waals surface area (Å²) >= 11 is 0. The van der Waals surface area contributed by atoms with E-state index in [2.05, 4.69) is 10.3 Å². The van der Waals surface area contributed by atoms with Crippen molar-refractivity contribution in [1.82, 2.24) is 20.1 Å². The third-order valence-corrected chi connectivity index (χ3v) is 6.81. The number of Topliss-reactive ketones (excluding diaryl/α,β-unsaturated/α-hetero) is 1. The fraction of sp³-hybridized carbons (Fsp3) is 0.444. The maximum Gasteiger partial charge on any atom is 0.273 e. The van der Waals surface area contributed by atoms with Crippen molar-refractivity contribution >= 4 is 29.2 Å². The fourth-order valence-corrected chi connectivity index (χ4v) is 5.02. The zero-order chi connectivity index (χ0) is 26.0. The number of benzene rings is 1. The number of nitrogens with one attached hydrogen (secondary N) is 1. The first kappa shape index (κ1) is 25.3. The highest BCUT2D eigenvalue weighted by Crippen LogP contribution is 2.31. The Bertz CT molecular complexity index is 1130. The van der Waals surface area contributed by atoms with Gasteiger partial charge in [0, 0.05) is 38.1 Å². The molecule has 3 heterocycles. The highest BCUT2D eigenvalue weighted by Gasteiger charge is 2.52. The predicted octanol–water partition coefficient (Wildman–Crippen LogP) is 1.99. The van der Waals surface area contributed by atoms with Crippen LogP contribution in [0.1, 0.15) is 47.5 Å². The first-order valence-corrected chi connectivity index (χ1v) is 12.3. The standard InChI is InChI=1S/C27H33N5O4/c1-17(2)15-21(29-25(34)18-8-10-19(11-9-18)30(3)4)27(36)31-14-12-22-24(31)23(33)16-32(22)26(35)20-7-5-6-13-28-20/h5-11,13,17,21-22,24H,12,14-16H2,1-4H3,(H,29,34). The van der Waals surface area contributed by atoms with Crippen molar-refractivity contribution in [2.75, 3.05) is 32.1 Å². The molecule has 0 radical (unpaired) electrons. The van der Waals surface area contributed by atoms with Crippen molar-refractivity contribution < 1.29 is 19.2 Å². The third-order valence-electron chi connectivity index (χ3n) is 6.81. The van der Waals surface area contributed by atoms with Crippen LogP contribution in [0.4, 0.5) is 5.69 Å². The Balaban J connectivity index is 1.50. The molecule has 3 unspecified atom stereocenters. The Morgan fingerprint density at radius 1 is 1.08 bits per heavy atom. The summed E-state index contributed by atoms with van der Waals surface area (Å²) in [6, 6.07) is 10.4. The molecular weight excluding hydrogens is 458 g/mol. The maximum atomic E-state index is 13.7. The number of aromatic nitrogens is 1. The molecule has 2 aromatic rings. The van der Waals surface area contributed by atoms with Crippen molar-refractivity contribution in [1.29, 1.82) is 0 Å². The largest absolute Gasteiger partial charge is 0.378 e. The smallest absolute Gasteiger partial charge is 0.273 e. The molecule has 1 aromatic carbocycles. The van der Waals surface area contributed by atoms with Crippen LogP contribution in [0.5, 0.6) is 0 Å². The van der Waals surface area contributed by atoms with E-state index < -0.39 is 12.1 Å². The normalized spacial score (nSPS) is 19.9. The van der Waals surface area contributed by atoms with Gasteiger partial charge >= 0.3 is 0 Å². The molecule has 0 spiro atoms. The Kier molecular flexibility index (Phi) is 7.37. The summed E-state index contributed by atoms with van der Waals surface area (Å²) in [4.78, 5) is 61.8. The monoisotopic (exact) mass is 491 g/mol. The van der Waals surface area contributed by atoms with Gasteiger partial charge in [0.1, 0.15) is 17.8 Å². The van der Waals surface area contributed by atoms with E-state index in [0.717, 1.165) is 5.69 Å². The molecule has 0 bridgehead atoms. The zero-order valence-corrected chi connectivity index (χ0v) is 21.2. The summed E-state index contributed by atoms with van der Waals surface area (Å²) in [5, 5.41) is 2.90. The van der Waals surface area contributed by atoms with Gasteiger partial charge in [-0.2, -0.15) is 0 Å². The number of pyridine rings is 1. The number of amides is 3. The Morgan fingerprint density at radius 2 is 1.81 bits per heavy atom. The molecule has 4 rings (SSSR count). The van der Waals surface area contributed by atoms with Crippen molar-refractivity contribution in [2.45, 2.75) is 44.8 Å². The van der Waals surface area contributed by atoms with Crippen LogP contribution in [0.25, 0.3) is 0 Å². The van der Waals surface area contributed by atoms with E-state index in [1.165, 1.54) is 4.90 Å². The SMILES string of the molecule is CC(C)CC(NC(=O)c1ccc(N(C)C)cc1)C(=O)N1CCC2C1C(=O)CN2C(=O)c1ccccn1. The second-order valence-corrected chi connectivity index (χ2v) is 10.0. The molecule has 1 N–H and O–H groups in total. The zero-order valence-electron chi connectivity index (χ0n) is 21.2. The average molecular weight is 492 g/mol. The Morgan fingerprint density at radius 3 is 2.42 bits per heavy atom. The molecule has 2 saturated heterocycles. The lowest BCUT2D eigenvalue weighted by Gasteiger charge is -2.29. The van der Waals surface area contributed by atoms with Crippen molar-refractivity contribution in [3.63, 3.8) is 0 Å². The molecule has 0 saturated carbocycles. The summed E-state index contributed by atoms with van der Waals surface area (Å²) in [6.45, 7) is 4.28. The minimum absolute atomic E-state index is 0.0477. The minimum atomic E-state index is -0.766. The second-order valence-electron chi connectivity index (χ2n) is 10.0. The topological polar surface area (TPSA) is 103 Å². The van der Waals surface area contributed by atoms with E-state index in [4.69, 9.17) is 0 Å². The quantitative estimate of drug-likeness (QED) is 0.636. The number of nitrogens with zero attached hydrogens (tertiary/aromatic N) is 4. The van der Waals surface area contributed by atoms with Gasteiger partial charge in [0.05, 0.1) is 12.6 Å². The number of carbonyl (C=O) groups excluding carboxylic acids is 4. The highest BCUT2D eigenvalue weighted by atomic mass is 16.2. The number of anilines is 1. The molecule has 190 valence electrons. The van der Waals surface area contributed by atoms with Gasteiger partial charge in [-0.3, -0.25) is 24.2 Å². The van der Waals surface area contributed by atoms with E-state index in [0.29, 0.717) is 24.9 Å². The fourth-order valence-electron chi connectivity index (χ4n) is 5.02. The Labute approximate surface area is 211 Å². The molecular formula is C27H33N5O4. The van der Waals surface area contributed by atoms with Crippen LogP contribution in [0.2, 0.25) is 0 Å². The lowest BCUT2D eigenvalue weighted by molar-refractivity contribution is -0.138. The number of carbonyl (C=O) groups is 4. The molecule has 36 heavy (non-hydrogen) atoms. The van der Waals surface area contributed by atoms with Crippen molar-refractivity contribution in [3.05, 3.63) is 59.9 Å². The summed E-state index contributed by atoms with van der Waals surface area (Å²) < 4.78 is 0. The van der Waals surface area contributed by atoms with Gasteiger partial charge in [-0.15, -0.1) is 0 Å². The number of hydrogen-bond acceptors (Lipinski definition) is 6. The summed E-state index contributed by atoms with van der Waals surface area (Å²) in [6.07, 6.45) is 2.49. The molecule has 9 nitrogen and oxygen atoms in total. The minimum Gasteiger partial charge on any atom is -0.378 e. The van der Waals surface area contributed by atoms with E-state index in [1.807, 2.05) is 45.0 Å². The molecule has 3 amide bonds. The number of ketones is 1. The molecule has 0 aliphatic carbocycles. The third kappa shape index (κ3) is 5.10. The van der Waals surface area contributed by atoms with Crippen molar-refractivity contribution in [3.8, 4) is 0 Å². The van der Waals surface area contributed by atoms with Gasteiger partial charge in [0.15, 0.2) is 5.78 Å². The van der Waals surface area contributed by atoms with Crippen LogP contribution in [0.3, 0.4) is 0 Å². The van der Waals surface area contributed by atoms with Gasteiger partial charge in [-0.05, 0) is 55.2 Å². The summed E-state index contributed by atoms with van der Waals surface area (Å²) in [7, 11) is 3.84. The number of hydrogen-bond donors (Lipinski definition) is 1. The lowest BCUT2D eigenvalue weighted by atomic mass is 10.0. The average Bonchev–Trinajstić information content (AvgIpc) is 3.44. The number of likely N-dealkylation sites (tertiary alicyclic amines) is 2.